The summed E-state index contributed by atoms with van der Waals surface area (Å²) < 4.78 is 22.3. The molecule has 1 heterocycles. The number of aliphatic imine (C=N–C) groups is 1. The van der Waals surface area contributed by atoms with Crippen molar-refractivity contribution in [2.75, 3.05) is 19.1 Å². The first-order chi connectivity index (χ1) is 9.31. The fourth-order valence-corrected chi connectivity index (χ4v) is 3.05. The zero-order valence-electron chi connectivity index (χ0n) is 12.3. The molecule has 1 rings (SSSR count). The van der Waals surface area contributed by atoms with Gasteiger partial charge >= 0.3 is 0 Å². The quantitative estimate of drug-likeness (QED) is 0.602. The highest BCUT2D eigenvalue weighted by atomic mass is 32.2. The summed E-state index contributed by atoms with van der Waals surface area (Å²) in [6.45, 7) is 4.57. The summed E-state index contributed by atoms with van der Waals surface area (Å²) in [5.74, 6) is 0.838. The van der Waals surface area contributed by atoms with Gasteiger partial charge in [0, 0.05) is 24.2 Å². The average molecular weight is 318 g/mol. The monoisotopic (exact) mass is 318 g/mol. The van der Waals surface area contributed by atoms with Crippen LogP contribution in [0.2, 0.25) is 0 Å². The minimum absolute atomic E-state index is 0.0403. The number of aryl methyl sites for hydroxylation is 1. The Hall–Kier alpha value is -1.15. The normalized spacial score (nSPS) is 14.1. The van der Waals surface area contributed by atoms with Gasteiger partial charge in [-0.15, -0.1) is 11.3 Å². The molecule has 0 spiro atoms. The highest BCUT2D eigenvalue weighted by Crippen LogP contribution is 2.11. The van der Waals surface area contributed by atoms with Crippen LogP contribution in [0.4, 0.5) is 0 Å². The Labute approximate surface area is 124 Å². The van der Waals surface area contributed by atoms with Gasteiger partial charge in [-0.1, -0.05) is 0 Å². The molecule has 0 aliphatic rings. The van der Waals surface area contributed by atoms with E-state index < -0.39 is 9.84 Å². The van der Waals surface area contributed by atoms with E-state index in [2.05, 4.69) is 20.6 Å². The Morgan fingerprint density at radius 2 is 2.25 bits per heavy atom. The molecule has 0 aromatic carbocycles. The molecule has 0 bridgehead atoms. The van der Waals surface area contributed by atoms with E-state index in [0.29, 0.717) is 18.9 Å². The standard InChI is InChI=1S/C12H22N4O2S2/c1-9(5-6-20(4,17)18)16-12(13-3)14-7-11-10(2)15-8-19-11/h8-9H,5-7H2,1-4H3,(H2,13,14,16). The summed E-state index contributed by atoms with van der Waals surface area (Å²) in [6, 6.07) is 0.0403. The van der Waals surface area contributed by atoms with Crippen LogP contribution in [0.5, 0.6) is 0 Å². The van der Waals surface area contributed by atoms with Crippen LogP contribution >= 0.6 is 11.3 Å². The van der Waals surface area contributed by atoms with E-state index >= 15 is 0 Å². The first kappa shape index (κ1) is 16.9. The molecule has 114 valence electrons. The van der Waals surface area contributed by atoms with Crippen LogP contribution in [0.15, 0.2) is 10.5 Å². The number of rotatable bonds is 6. The average Bonchev–Trinajstić information content (AvgIpc) is 2.77. The number of aromatic nitrogens is 1. The van der Waals surface area contributed by atoms with Gasteiger partial charge in [-0.3, -0.25) is 4.99 Å². The molecule has 1 unspecified atom stereocenters. The van der Waals surface area contributed by atoms with Crippen molar-refractivity contribution in [3.05, 3.63) is 16.1 Å². The molecule has 0 aliphatic heterocycles. The van der Waals surface area contributed by atoms with E-state index in [1.54, 1.807) is 18.4 Å². The summed E-state index contributed by atoms with van der Waals surface area (Å²) in [4.78, 5) is 9.48. The number of nitrogens with one attached hydrogen (secondary N) is 2. The van der Waals surface area contributed by atoms with E-state index in [-0.39, 0.29) is 11.8 Å². The van der Waals surface area contributed by atoms with Crippen molar-refractivity contribution in [1.82, 2.24) is 15.6 Å². The fourth-order valence-electron chi connectivity index (χ4n) is 1.55. The molecule has 0 aliphatic carbocycles. The van der Waals surface area contributed by atoms with Crippen LogP contribution in [-0.4, -0.2) is 44.5 Å². The molecule has 6 nitrogen and oxygen atoms in total. The molecule has 1 aromatic heterocycles. The lowest BCUT2D eigenvalue weighted by Crippen LogP contribution is -2.42. The van der Waals surface area contributed by atoms with E-state index in [1.807, 2.05) is 19.4 Å². The van der Waals surface area contributed by atoms with Gasteiger partial charge in [-0.05, 0) is 20.3 Å². The van der Waals surface area contributed by atoms with Gasteiger partial charge in [-0.25, -0.2) is 13.4 Å². The highest BCUT2D eigenvalue weighted by Gasteiger charge is 2.10. The third-order valence-corrected chi connectivity index (χ3v) is 4.70. The number of guanidine groups is 1. The van der Waals surface area contributed by atoms with Gasteiger partial charge in [0.1, 0.15) is 9.84 Å². The summed E-state index contributed by atoms with van der Waals surface area (Å²) in [5.41, 5.74) is 2.83. The second-order valence-electron chi connectivity index (χ2n) is 4.75. The number of hydrogen-bond donors (Lipinski definition) is 2. The molecule has 0 amide bonds. The summed E-state index contributed by atoms with van der Waals surface area (Å²) in [7, 11) is -1.23. The van der Waals surface area contributed by atoms with Crippen molar-refractivity contribution in [3.63, 3.8) is 0 Å². The Balaban J connectivity index is 2.42. The summed E-state index contributed by atoms with van der Waals surface area (Å²) in [6.07, 6.45) is 1.80. The lowest BCUT2D eigenvalue weighted by molar-refractivity contribution is 0.581. The predicted octanol–water partition coefficient (Wildman–Crippen LogP) is 0.940. The van der Waals surface area contributed by atoms with Crippen molar-refractivity contribution in [3.8, 4) is 0 Å². The third kappa shape index (κ3) is 6.33. The van der Waals surface area contributed by atoms with Crippen molar-refractivity contribution in [2.24, 2.45) is 4.99 Å². The Morgan fingerprint density at radius 3 is 2.75 bits per heavy atom. The Kier molecular flexibility index (Phi) is 6.41. The molecule has 1 aromatic rings. The molecule has 0 saturated carbocycles. The van der Waals surface area contributed by atoms with Gasteiger partial charge in [0.2, 0.25) is 0 Å². The maximum atomic E-state index is 11.1. The third-order valence-electron chi connectivity index (χ3n) is 2.79. The maximum absolute atomic E-state index is 11.1. The van der Waals surface area contributed by atoms with Crippen LogP contribution in [-0.2, 0) is 16.4 Å². The molecule has 1 atom stereocenters. The van der Waals surface area contributed by atoms with Crippen molar-refractivity contribution >= 4 is 27.1 Å². The second-order valence-corrected chi connectivity index (χ2v) is 7.95. The molecular weight excluding hydrogens is 296 g/mol. The number of nitrogens with zero attached hydrogens (tertiary/aromatic N) is 2. The second kappa shape index (κ2) is 7.58. The van der Waals surface area contributed by atoms with E-state index in [9.17, 15) is 8.42 Å². The minimum Gasteiger partial charge on any atom is -0.354 e. The van der Waals surface area contributed by atoms with Crippen molar-refractivity contribution in [2.45, 2.75) is 32.9 Å². The van der Waals surface area contributed by atoms with E-state index in [4.69, 9.17) is 0 Å². The fraction of sp³-hybridized carbons (Fsp3) is 0.667. The van der Waals surface area contributed by atoms with E-state index in [0.717, 1.165) is 10.6 Å². The van der Waals surface area contributed by atoms with Crippen molar-refractivity contribution < 1.29 is 8.42 Å². The van der Waals surface area contributed by atoms with Gasteiger partial charge in [-0.2, -0.15) is 0 Å². The molecule has 0 fully saturated rings. The largest absolute Gasteiger partial charge is 0.354 e. The van der Waals surface area contributed by atoms with Crippen LogP contribution < -0.4 is 10.6 Å². The number of thiazole rings is 1. The van der Waals surface area contributed by atoms with Gasteiger partial charge < -0.3 is 10.6 Å². The number of hydrogen-bond acceptors (Lipinski definition) is 5. The first-order valence-corrected chi connectivity index (χ1v) is 9.29. The molecule has 0 radical (unpaired) electrons. The van der Waals surface area contributed by atoms with Crippen LogP contribution in [0.25, 0.3) is 0 Å². The van der Waals surface area contributed by atoms with Crippen LogP contribution in [0.1, 0.15) is 23.9 Å². The van der Waals surface area contributed by atoms with Gasteiger partial charge in [0.25, 0.3) is 0 Å². The molecule has 8 heteroatoms. The zero-order valence-corrected chi connectivity index (χ0v) is 13.9. The van der Waals surface area contributed by atoms with Crippen molar-refractivity contribution in [1.29, 1.82) is 0 Å². The molecule has 2 N–H and O–H groups in total. The summed E-state index contributed by atoms with van der Waals surface area (Å²) in [5, 5.41) is 6.38. The maximum Gasteiger partial charge on any atom is 0.191 e. The lowest BCUT2D eigenvalue weighted by Gasteiger charge is -2.17. The van der Waals surface area contributed by atoms with E-state index in [1.165, 1.54) is 6.26 Å². The Bertz CT molecular complexity index is 552. The summed E-state index contributed by atoms with van der Waals surface area (Å²) >= 11 is 1.60. The molecular formula is C12H22N4O2S2. The SMILES string of the molecule is CN=C(NCc1scnc1C)NC(C)CCS(C)(=O)=O. The van der Waals surface area contributed by atoms with Crippen LogP contribution in [0.3, 0.4) is 0 Å². The topological polar surface area (TPSA) is 83.4 Å². The first-order valence-electron chi connectivity index (χ1n) is 6.35. The molecule has 0 saturated heterocycles. The highest BCUT2D eigenvalue weighted by molar-refractivity contribution is 7.90. The zero-order chi connectivity index (χ0) is 15.2. The predicted molar refractivity (Wildman–Crippen MR) is 84.0 cm³/mol. The lowest BCUT2D eigenvalue weighted by atomic mass is 10.3. The van der Waals surface area contributed by atoms with Gasteiger partial charge in [0.05, 0.1) is 23.5 Å². The van der Waals surface area contributed by atoms with Gasteiger partial charge in [0.15, 0.2) is 5.96 Å². The smallest absolute Gasteiger partial charge is 0.191 e. The Morgan fingerprint density at radius 1 is 1.55 bits per heavy atom. The minimum atomic E-state index is -2.92. The van der Waals surface area contributed by atoms with Crippen LogP contribution in [0, 0.1) is 6.92 Å². The molecule has 20 heavy (non-hydrogen) atoms. The number of sulfone groups is 1.